The van der Waals surface area contributed by atoms with Gasteiger partial charge in [-0.05, 0) is 31.0 Å². The topological polar surface area (TPSA) is 46.2 Å². The maximum absolute atomic E-state index is 12.7. The van der Waals surface area contributed by atoms with E-state index in [1.807, 2.05) is 80.6 Å². The Bertz CT molecular complexity index is 919. The van der Waals surface area contributed by atoms with Gasteiger partial charge in [0.25, 0.3) is 0 Å². The standard InChI is InChI=1S/C24H23NO2/c1-17(24(27)25-18(2)19-10-5-3-6-11-19)21-14-9-15-22(16-21)23(26)20-12-7-4-8-13-20/h3-18H,1-2H3,(H,25,27)/t17-,18+/m0/s1. The van der Waals surface area contributed by atoms with Crippen LogP contribution in [0.15, 0.2) is 84.9 Å². The Morgan fingerprint density at radius 2 is 1.26 bits per heavy atom. The van der Waals surface area contributed by atoms with Crippen LogP contribution >= 0.6 is 0 Å². The van der Waals surface area contributed by atoms with Gasteiger partial charge in [0.2, 0.25) is 5.91 Å². The van der Waals surface area contributed by atoms with Crippen molar-refractivity contribution in [3.05, 3.63) is 107 Å². The van der Waals surface area contributed by atoms with Gasteiger partial charge in [-0.15, -0.1) is 0 Å². The normalized spacial score (nSPS) is 12.8. The SMILES string of the molecule is C[C@H](C(=O)N[C@H](C)c1ccccc1)c1cccc(C(=O)c2ccccc2)c1. The summed E-state index contributed by atoms with van der Waals surface area (Å²) in [6, 6.07) is 26.3. The molecule has 0 saturated heterocycles. The monoisotopic (exact) mass is 357 g/mol. The Morgan fingerprint density at radius 1 is 0.704 bits per heavy atom. The predicted octanol–water partition coefficient (Wildman–Crippen LogP) is 4.90. The van der Waals surface area contributed by atoms with Gasteiger partial charge in [0, 0.05) is 11.1 Å². The van der Waals surface area contributed by atoms with Crippen LogP contribution in [0.2, 0.25) is 0 Å². The quantitative estimate of drug-likeness (QED) is 0.638. The predicted molar refractivity (Wildman–Crippen MR) is 108 cm³/mol. The van der Waals surface area contributed by atoms with Crippen molar-refractivity contribution in [3.8, 4) is 0 Å². The Morgan fingerprint density at radius 3 is 1.93 bits per heavy atom. The molecule has 1 amide bonds. The summed E-state index contributed by atoms with van der Waals surface area (Å²) >= 11 is 0. The molecule has 0 aliphatic heterocycles. The number of carbonyl (C=O) groups excluding carboxylic acids is 2. The maximum Gasteiger partial charge on any atom is 0.227 e. The minimum Gasteiger partial charge on any atom is -0.349 e. The van der Waals surface area contributed by atoms with Crippen LogP contribution in [0.3, 0.4) is 0 Å². The average molecular weight is 357 g/mol. The van der Waals surface area contributed by atoms with Crippen molar-refractivity contribution in [2.45, 2.75) is 25.8 Å². The highest BCUT2D eigenvalue weighted by molar-refractivity contribution is 6.09. The summed E-state index contributed by atoms with van der Waals surface area (Å²) in [6.07, 6.45) is 0. The van der Waals surface area contributed by atoms with Gasteiger partial charge in [-0.1, -0.05) is 78.9 Å². The zero-order valence-corrected chi connectivity index (χ0v) is 15.6. The number of benzene rings is 3. The number of nitrogens with one attached hydrogen (secondary N) is 1. The highest BCUT2D eigenvalue weighted by Gasteiger charge is 2.19. The average Bonchev–Trinajstić information content (AvgIpc) is 2.74. The molecule has 0 aliphatic carbocycles. The lowest BCUT2D eigenvalue weighted by atomic mass is 9.95. The number of ketones is 1. The summed E-state index contributed by atoms with van der Waals surface area (Å²) < 4.78 is 0. The van der Waals surface area contributed by atoms with Crippen LogP contribution in [-0.2, 0) is 4.79 Å². The minimum absolute atomic E-state index is 0.0392. The van der Waals surface area contributed by atoms with Crippen molar-refractivity contribution in [1.82, 2.24) is 5.32 Å². The van der Waals surface area contributed by atoms with E-state index in [1.54, 1.807) is 18.2 Å². The fourth-order valence-electron chi connectivity index (χ4n) is 3.02. The van der Waals surface area contributed by atoms with Crippen molar-refractivity contribution in [3.63, 3.8) is 0 Å². The van der Waals surface area contributed by atoms with Gasteiger partial charge in [-0.2, -0.15) is 0 Å². The zero-order chi connectivity index (χ0) is 19.2. The summed E-state index contributed by atoms with van der Waals surface area (Å²) in [7, 11) is 0. The molecule has 0 spiro atoms. The van der Waals surface area contributed by atoms with Crippen LogP contribution in [-0.4, -0.2) is 11.7 Å². The van der Waals surface area contributed by atoms with Crippen LogP contribution in [0.25, 0.3) is 0 Å². The fourth-order valence-corrected chi connectivity index (χ4v) is 3.02. The van der Waals surface area contributed by atoms with Gasteiger partial charge in [-0.3, -0.25) is 9.59 Å². The first kappa shape index (κ1) is 18.6. The molecule has 0 radical (unpaired) electrons. The van der Waals surface area contributed by atoms with Crippen LogP contribution < -0.4 is 5.32 Å². The molecule has 3 nitrogen and oxygen atoms in total. The second-order valence-corrected chi connectivity index (χ2v) is 6.68. The second-order valence-electron chi connectivity index (χ2n) is 6.68. The summed E-state index contributed by atoms with van der Waals surface area (Å²) in [6.45, 7) is 3.83. The van der Waals surface area contributed by atoms with Crippen molar-refractivity contribution in [1.29, 1.82) is 0 Å². The minimum atomic E-state index is -0.348. The lowest BCUT2D eigenvalue weighted by molar-refractivity contribution is -0.122. The molecule has 0 aliphatic rings. The van der Waals surface area contributed by atoms with Gasteiger partial charge in [-0.25, -0.2) is 0 Å². The van der Waals surface area contributed by atoms with Crippen LogP contribution in [0.4, 0.5) is 0 Å². The number of rotatable bonds is 6. The van der Waals surface area contributed by atoms with E-state index in [0.717, 1.165) is 11.1 Å². The van der Waals surface area contributed by atoms with Crippen molar-refractivity contribution >= 4 is 11.7 Å². The molecule has 0 heterocycles. The smallest absolute Gasteiger partial charge is 0.227 e. The summed E-state index contributed by atoms with van der Waals surface area (Å²) in [5.74, 6) is -0.446. The van der Waals surface area contributed by atoms with Gasteiger partial charge < -0.3 is 5.32 Å². The van der Waals surface area contributed by atoms with E-state index in [4.69, 9.17) is 0 Å². The largest absolute Gasteiger partial charge is 0.349 e. The number of hydrogen-bond donors (Lipinski definition) is 1. The maximum atomic E-state index is 12.7. The third-order valence-electron chi connectivity index (χ3n) is 4.74. The van der Waals surface area contributed by atoms with Crippen molar-refractivity contribution < 1.29 is 9.59 Å². The molecule has 0 aromatic heterocycles. The molecule has 3 aromatic rings. The van der Waals surface area contributed by atoms with Crippen LogP contribution in [0.1, 0.15) is 52.9 Å². The van der Waals surface area contributed by atoms with Crippen molar-refractivity contribution in [2.24, 2.45) is 0 Å². The van der Waals surface area contributed by atoms with Gasteiger partial charge in [0.1, 0.15) is 0 Å². The Hall–Kier alpha value is -3.20. The van der Waals surface area contributed by atoms with E-state index in [-0.39, 0.29) is 23.7 Å². The first-order valence-electron chi connectivity index (χ1n) is 9.11. The molecule has 0 saturated carbocycles. The van der Waals surface area contributed by atoms with E-state index in [1.165, 1.54) is 0 Å². The Kier molecular flexibility index (Phi) is 5.82. The lowest BCUT2D eigenvalue weighted by Crippen LogP contribution is -2.30. The van der Waals surface area contributed by atoms with E-state index >= 15 is 0 Å². The first-order valence-corrected chi connectivity index (χ1v) is 9.11. The lowest BCUT2D eigenvalue weighted by Gasteiger charge is -2.18. The Labute approximate surface area is 160 Å². The molecule has 3 heteroatoms. The van der Waals surface area contributed by atoms with Crippen LogP contribution in [0.5, 0.6) is 0 Å². The van der Waals surface area contributed by atoms with Gasteiger partial charge in [0.05, 0.1) is 12.0 Å². The second kappa shape index (κ2) is 8.45. The molecule has 2 atom stereocenters. The molecule has 136 valence electrons. The fraction of sp³-hybridized carbons (Fsp3) is 0.167. The first-order chi connectivity index (χ1) is 13.1. The number of amides is 1. The molecule has 0 bridgehead atoms. The zero-order valence-electron chi connectivity index (χ0n) is 15.6. The molecule has 3 aromatic carbocycles. The van der Waals surface area contributed by atoms with E-state index < -0.39 is 0 Å². The number of carbonyl (C=O) groups is 2. The molecule has 1 N–H and O–H groups in total. The molecule has 3 rings (SSSR count). The molecule has 27 heavy (non-hydrogen) atoms. The van der Waals surface area contributed by atoms with Gasteiger partial charge in [0.15, 0.2) is 5.78 Å². The molecule has 0 fully saturated rings. The highest BCUT2D eigenvalue weighted by atomic mass is 16.2. The van der Waals surface area contributed by atoms with Gasteiger partial charge >= 0.3 is 0 Å². The van der Waals surface area contributed by atoms with E-state index in [2.05, 4.69) is 5.32 Å². The Balaban J connectivity index is 1.74. The third-order valence-corrected chi connectivity index (χ3v) is 4.74. The highest BCUT2D eigenvalue weighted by Crippen LogP contribution is 2.21. The summed E-state index contributed by atoms with van der Waals surface area (Å²) in [5, 5.41) is 3.05. The summed E-state index contributed by atoms with van der Waals surface area (Å²) in [4.78, 5) is 25.3. The molecular weight excluding hydrogens is 334 g/mol. The molecular formula is C24H23NO2. The number of hydrogen-bond acceptors (Lipinski definition) is 2. The summed E-state index contributed by atoms with van der Waals surface area (Å²) in [5.41, 5.74) is 3.12. The third kappa shape index (κ3) is 4.50. The van der Waals surface area contributed by atoms with E-state index in [9.17, 15) is 9.59 Å². The van der Waals surface area contributed by atoms with Crippen LogP contribution in [0, 0.1) is 0 Å². The molecule has 0 unspecified atom stereocenters. The van der Waals surface area contributed by atoms with Crippen molar-refractivity contribution in [2.75, 3.05) is 0 Å². The van der Waals surface area contributed by atoms with E-state index in [0.29, 0.717) is 11.1 Å².